The minimum Gasteiger partial charge on any atom is -0.452 e. The van der Waals surface area contributed by atoms with E-state index in [0.29, 0.717) is 11.4 Å². The van der Waals surface area contributed by atoms with Gasteiger partial charge in [-0.3, -0.25) is 9.79 Å². The van der Waals surface area contributed by atoms with Crippen LogP contribution in [0.5, 0.6) is 0 Å². The van der Waals surface area contributed by atoms with Crippen molar-refractivity contribution in [1.29, 1.82) is 0 Å². The molecule has 1 amide bonds. The lowest BCUT2D eigenvalue weighted by atomic mass is 9.88. The summed E-state index contributed by atoms with van der Waals surface area (Å²) in [6.45, 7) is 1.76. The average molecular weight is 396 g/mol. The van der Waals surface area contributed by atoms with Crippen molar-refractivity contribution in [2.24, 2.45) is 10.9 Å². The van der Waals surface area contributed by atoms with Gasteiger partial charge in [0.15, 0.2) is 0 Å². The van der Waals surface area contributed by atoms with E-state index in [2.05, 4.69) is 10.3 Å². The van der Waals surface area contributed by atoms with Gasteiger partial charge in [-0.2, -0.15) is 0 Å². The second-order valence-corrected chi connectivity index (χ2v) is 8.55. The van der Waals surface area contributed by atoms with Gasteiger partial charge in [0.25, 0.3) is 0 Å². The van der Waals surface area contributed by atoms with Gasteiger partial charge in [0.1, 0.15) is 23.4 Å². The third-order valence-corrected chi connectivity index (χ3v) is 6.95. The normalized spacial score (nSPS) is 23.9. The van der Waals surface area contributed by atoms with Crippen molar-refractivity contribution in [2.45, 2.75) is 38.0 Å². The van der Waals surface area contributed by atoms with Crippen LogP contribution in [0.4, 0.5) is 0 Å². The van der Waals surface area contributed by atoms with Gasteiger partial charge in [-0.05, 0) is 49.2 Å². The zero-order valence-corrected chi connectivity index (χ0v) is 16.3. The van der Waals surface area contributed by atoms with E-state index in [1.54, 1.807) is 11.8 Å². The van der Waals surface area contributed by atoms with Crippen molar-refractivity contribution in [3.63, 3.8) is 0 Å². The highest BCUT2D eigenvalue weighted by atomic mass is 32.2. The molecule has 1 aromatic carbocycles. The number of fused-ring (bicyclic) bond motifs is 3. The van der Waals surface area contributed by atoms with Crippen molar-refractivity contribution in [2.75, 3.05) is 6.61 Å². The molecule has 0 spiro atoms. The van der Waals surface area contributed by atoms with Crippen molar-refractivity contribution in [3.8, 4) is 0 Å². The molecule has 2 aromatic rings. The molecular formula is C21H20N2O4S. The van der Waals surface area contributed by atoms with E-state index in [-0.39, 0.29) is 29.6 Å². The van der Waals surface area contributed by atoms with Crippen LogP contribution in [0.25, 0.3) is 11.0 Å². The van der Waals surface area contributed by atoms with Crippen LogP contribution in [0.15, 0.2) is 44.2 Å². The molecule has 0 saturated heterocycles. The highest BCUT2D eigenvalue weighted by Gasteiger charge is 2.43. The summed E-state index contributed by atoms with van der Waals surface area (Å²) in [4.78, 5) is 31.1. The SMILES string of the molecule is Cc1c(C(=O)OCC2=N[C@@H]3SC4=C(CCCC4)[C@@H]3C(=O)N2)oc2ccccc12. The van der Waals surface area contributed by atoms with E-state index in [4.69, 9.17) is 9.15 Å². The second kappa shape index (κ2) is 6.81. The number of thioether (sulfide) groups is 1. The molecule has 1 aliphatic carbocycles. The third kappa shape index (κ3) is 2.85. The topological polar surface area (TPSA) is 80.9 Å². The number of ether oxygens (including phenoxy) is 1. The largest absolute Gasteiger partial charge is 0.452 e. The summed E-state index contributed by atoms with van der Waals surface area (Å²) in [6.07, 6.45) is 4.35. The zero-order valence-electron chi connectivity index (χ0n) is 15.5. The molecule has 3 heterocycles. The number of amides is 1. The maximum Gasteiger partial charge on any atom is 0.375 e. The van der Waals surface area contributed by atoms with E-state index < -0.39 is 5.97 Å². The number of furan rings is 1. The summed E-state index contributed by atoms with van der Waals surface area (Å²) in [6, 6.07) is 7.48. The number of aryl methyl sites for hydroxylation is 1. The number of rotatable bonds is 3. The Labute approximate surface area is 166 Å². The van der Waals surface area contributed by atoms with Crippen LogP contribution in [0.1, 0.15) is 41.8 Å². The molecule has 0 saturated carbocycles. The molecule has 0 fully saturated rings. The Balaban J connectivity index is 1.30. The van der Waals surface area contributed by atoms with Gasteiger partial charge in [0.2, 0.25) is 11.7 Å². The van der Waals surface area contributed by atoms with Crippen molar-refractivity contribution in [3.05, 3.63) is 46.1 Å². The number of carbonyl (C=O) groups is 2. The van der Waals surface area contributed by atoms with E-state index in [0.717, 1.165) is 30.2 Å². The monoisotopic (exact) mass is 396 g/mol. The highest BCUT2D eigenvalue weighted by Crippen LogP contribution is 2.50. The first-order valence-electron chi connectivity index (χ1n) is 9.53. The summed E-state index contributed by atoms with van der Waals surface area (Å²) in [5, 5.41) is 3.59. The van der Waals surface area contributed by atoms with Gasteiger partial charge >= 0.3 is 5.97 Å². The number of hydrogen-bond donors (Lipinski definition) is 1. The van der Waals surface area contributed by atoms with E-state index in [9.17, 15) is 9.59 Å². The van der Waals surface area contributed by atoms with Gasteiger partial charge in [-0.25, -0.2) is 4.79 Å². The molecule has 5 rings (SSSR count). The first-order chi connectivity index (χ1) is 13.6. The van der Waals surface area contributed by atoms with Crippen LogP contribution in [0.3, 0.4) is 0 Å². The summed E-state index contributed by atoms with van der Waals surface area (Å²) in [5.41, 5.74) is 2.66. The molecule has 3 aliphatic rings. The second-order valence-electron chi connectivity index (χ2n) is 7.34. The number of para-hydroxylation sites is 1. The molecule has 7 heteroatoms. The Bertz CT molecular complexity index is 1050. The Kier molecular flexibility index (Phi) is 4.27. The molecular weight excluding hydrogens is 376 g/mol. The molecule has 0 radical (unpaired) electrons. The molecule has 1 aromatic heterocycles. The number of nitrogens with zero attached hydrogens (tertiary/aromatic N) is 1. The van der Waals surface area contributed by atoms with Gasteiger partial charge < -0.3 is 14.5 Å². The summed E-state index contributed by atoms with van der Waals surface area (Å²) < 4.78 is 11.0. The molecule has 0 bridgehead atoms. The number of carbonyl (C=O) groups excluding carboxylic acids is 2. The van der Waals surface area contributed by atoms with Crippen molar-refractivity contribution < 1.29 is 18.7 Å². The first-order valence-corrected chi connectivity index (χ1v) is 10.4. The Morgan fingerprint density at radius 3 is 3.00 bits per heavy atom. The maximum atomic E-state index is 12.6. The molecule has 2 atom stereocenters. The lowest BCUT2D eigenvalue weighted by Gasteiger charge is -2.25. The Morgan fingerprint density at radius 1 is 1.32 bits per heavy atom. The third-order valence-electron chi connectivity index (χ3n) is 5.58. The zero-order chi connectivity index (χ0) is 19.3. The van der Waals surface area contributed by atoms with E-state index in [1.165, 1.54) is 16.9 Å². The van der Waals surface area contributed by atoms with Crippen LogP contribution in [0, 0.1) is 12.8 Å². The smallest absolute Gasteiger partial charge is 0.375 e. The highest BCUT2D eigenvalue weighted by molar-refractivity contribution is 8.04. The van der Waals surface area contributed by atoms with E-state index >= 15 is 0 Å². The fraction of sp³-hybridized carbons (Fsp3) is 0.381. The number of amidine groups is 1. The number of esters is 1. The Hall–Kier alpha value is -2.54. The Morgan fingerprint density at radius 2 is 2.14 bits per heavy atom. The summed E-state index contributed by atoms with van der Waals surface area (Å²) in [5.74, 6) is -0.165. The predicted molar refractivity (Wildman–Crippen MR) is 107 cm³/mol. The number of nitrogens with one attached hydrogen (secondary N) is 1. The van der Waals surface area contributed by atoms with Crippen LogP contribution in [0.2, 0.25) is 0 Å². The molecule has 28 heavy (non-hydrogen) atoms. The maximum absolute atomic E-state index is 12.6. The predicted octanol–water partition coefficient (Wildman–Crippen LogP) is 3.94. The van der Waals surface area contributed by atoms with Gasteiger partial charge in [0, 0.05) is 10.9 Å². The number of aliphatic imine (C=N–C) groups is 1. The van der Waals surface area contributed by atoms with Gasteiger partial charge in [0.05, 0.1) is 5.92 Å². The number of allylic oxidation sites excluding steroid dienone is 1. The molecule has 144 valence electrons. The number of hydrogen-bond acceptors (Lipinski definition) is 6. The lowest BCUT2D eigenvalue weighted by Crippen LogP contribution is -2.46. The van der Waals surface area contributed by atoms with Crippen molar-refractivity contribution in [1.82, 2.24) is 5.32 Å². The van der Waals surface area contributed by atoms with Gasteiger partial charge in [-0.15, -0.1) is 11.8 Å². The van der Waals surface area contributed by atoms with Crippen LogP contribution >= 0.6 is 11.8 Å². The summed E-state index contributed by atoms with van der Waals surface area (Å²) in [7, 11) is 0. The van der Waals surface area contributed by atoms with Crippen molar-refractivity contribution >= 4 is 40.4 Å². The molecule has 1 N–H and O–H groups in total. The fourth-order valence-electron chi connectivity index (χ4n) is 4.19. The van der Waals surface area contributed by atoms with E-state index in [1.807, 2.05) is 31.2 Å². The average Bonchev–Trinajstić information content (AvgIpc) is 3.24. The standard InChI is InChI=1S/C21H20N2O4S/c1-11-12-6-2-4-8-14(12)27-18(11)21(25)26-10-16-22-19(24)17-13-7-3-5-9-15(13)28-20(17)23-16/h2,4,6,8,17,20H,3,5,7,9-10H2,1H3,(H,22,23,24)/t17-,20-/m1/s1. The quantitative estimate of drug-likeness (QED) is 0.795. The summed E-state index contributed by atoms with van der Waals surface area (Å²) >= 11 is 1.69. The van der Waals surface area contributed by atoms with Gasteiger partial charge in [-0.1, -0.05) is 18.2 Å². The van der Waals surface area contributed by atoms with Crippen LogP contribution < -0.4 is 5.32 Å². The van der Waals surface area contributed by atoms with Crippen LogP contribution in [-0.4, -0.2) is 29.7 Å². The number of benzene rings is 1. The molecule has 0 unspecified atom stereocenters. The minimum absolute atomic E-state index is 0.0367. The molecule has 6 nitrogen and oxygen atoms in total. The fourth-order valence-corrected chi connectivity index (χ4v) is 5.72. The molecule has 2 aliphatic heterocycles. The lowest BCUT2D eigenvalue weighted by molar-refractivity contribution is -0.122. The minimum atomic E-state index is -0.552. The van der Waals surface area contributed by atoms with Crippen LogP contribution in [-0.2, 0) is 9.53 Å². The first kappa shape index (κ1) is 17.6.